The van der Waals surface area contributed by atoms with Crippen LogP contribution in [0.4, 0.5) is 17.1 Å². The van der Waals surface area contributed by atoms with Crippen LogP contribution in [-0.2, 0) is 20.0 Å². The fourth-order valence-corrected chi connectivity index (χ4v) is 3.97. The van der Waals surface area contributed by atoms with Crippen LogP contribution in [0.5, 0.6) is 0 Å². The van der Waals surface area contributed by atoms with Crippen molar-refractivity contribution in [3.05, 3.63) is 54.6 Å². The third kappa shape index (κ3) is 4.03. The van der Waals surface area contributed by atoms with Crippen molar-refractivity contribution < 1.29 is 21.4 Å². The number of rotatable bonds is 5. The number of nitrogens with zero attached hydrogens (tertiary/aromatic N) is 2. The minimum absolute atomic E-state index is 0.0108. The summed E-state index contributed by atoms with van der Waals surface area (Å²) >= 11 is 0. The number of azo groups is 1. The Kier molecular flexibility index (Phi) is 5.20. The Morgan fingerprint density at radius 2 is 1.50 bits per heavy atom. The minimum atomic E-state index is -4.36. The Morgan fingerprint density at radius 1 is 0.857 bits per heavy atom. The van der Waals surface area contributed by atoms with Gasteiger partial charge in [0, 0.05) is 16.5 Å². The number of sulfone groups is 1. The lowest BCUT2D eigenvalue weighted by Crippen LogP contribution is -2.02. The highest BCUT2D eigenvalue weighted by Crippen LogP contribution is 2.33. The molecule has 3 rings (SSSR count). The molecular weight excluding hydrogens is 402 g/mol. The van der Waals surface area contributed by atoms with Crippen molar-refractivity contribution in [2.75, 3.05) is 11.5 Å². The van der Waals surface area contributed by atoms with Gasteiger partial charge < -0.3 is 5.73 Å². The van der Waals surface area contributed by atoms with Crippen LogP contribution < -0.4 is 5.73 Å². The van der Waals surface area contributed by atoms with E-state index in [-0.39, 0.29) is 15.5 Å². The van der Waals surface area contributed by atoms with Gasteiger partial charge in [0.15, 0.2) is 9.84 Å². The first-order valence-corrected chi connectivity index (χ1v) is 11.3. The molecule has 0 spiro atoms. The van der Waals surface area contributed by atoms with Crippen molar-refractivity contribution in [2.45, 2.75) is 16.7 Å². The third-order valence-electron chi connectivity index (χ3n) is 4.15. The van der Waals surface area contributed by atoms with E-state index < -0.39 is 20.0 Å². The number of benzene rings is 3. The van der Waals surface area contributed by atoms with Crippen molar-refractivity contribution in [3.8, 4) is 0 Å². The topological polar surface area (TPSA) is 139 Å². The first-order chi connectivity index (χ1) is 13.1. The van der Waals surface area contributed by atoms with E-state index >= 15 is 0 Å². The first-order valence-electron chi connectivity index (χ1n) is 8.16. The fraction of sp³-hybridized carbons (Fsp3) is 0.111. The number of hydrogen-bond acceptors (Lipinski definition) is 7. The van der Waals surface area contributed by atoms with Crippen LogP contribution in [0.25, 0.3) is 10.8 Å². The second-order valence-electron chi connectivity index (χ2n) is 5.95. The fourth-order valence-electron chi connectivity index (χ4n) is 2.58. The number of nitrogens with two attached hydrogens (primary N) is 1. The van der Waals surface area contributed by atoms with Crippen LogP contribution in [0.15, 0.2) is 74.6 Å². The van der Waals surface area contributed by atoms with Gasteiger partial charge >= 0.3 is 0 Å². The average Bonchev–Trinajstić information content (AvgIpc) is 2.67. The van der Waals surface area contributed by atoms with E-state index in [1.165, 1.54) is 30.3 Å². The Labute approximate surface area is 162 Å². The van der Waals surface area contributed by atoms with Gasteiger partial charge in [-0.15, -0.1) is 5.11 Å². The Balaban J connectivity index is 1.99. The Bertz CT molecular complexity index is 1280. The van der Waals surface area contributed by atoms with E-state index in [1.54, 1.807) is 31.2 Å². The van der Waals surface area contributed by atoms with Crippen LogP contribution in [0.1, 0.15) is 6.92 Å². The standard InChI is InChI=1S/C18H17N3O5S2/c1-2-27(22,23)13-5-3-12(4-6-13)20-21-18-10-9-17(19)16-11-14(28(24,25)26)7-8-15(16)18/h3-11H,2,19H2,1H3,(H,24,25,26). The molecule has 146 valence electrons. The molecule has 3 aromatic rings. The normalized spacial score (nSPS) is 12.6. The van der Waals surface area contributed by atoms with Crippen molar-refractivity contribution in [1.82, 2.24) is 0 Å². The zero-order valence-corrected chi connectivity index (χ0v) is 16.4. The molecule has 0 aromatic heterocycles. The van der Waals surface area contributed by atoms with Crippen molar-refractivity contribution in [1.29, 1.82) is 0 Å². The molecule has 0 saturated heterocycles. The molecular formula is C18H17N3O5S2. The number of hydrogen-bond donors (Lipinski definition) is 2. The van der Waals surface area contributed by atoms with E-state index in [9.17, 15) is 21.4 Å². The van der Waals surface area contributed by atoms with Gasteiger partial charge in [-0.1, -0.05) is 13.0 Å². The molecule has 0 atom stereocenters. The number of anilines is 1. The predicted octanol–water partition coefficient (Wildman–Crippen LogP) is 3.88. The highest BCUT2D eigenvalue weighted by atomic mass is 32.2. The highest BCUT2D eigenvalue weighted by molar-refractivity contribution is 7.91. The average molecular weight is 419 g/mol. The second kappa shape index (κ2) is 7.30. The summed E-state index contributed by atoms with van der Waals surface area (Å²) in [6.45, 7) is 1.57. The number of fused-ring (bicyclic) bond motifs is 1. The molecule has 0 saturated carbocycles. The molecule has 10 heteroatoms. The van der Waals surface area contributed by atoms with E-state index in [0.29, 0.717) is 27.8 Å². The van der Waals surface area contributed by atoms with E-state index in [0.717, 1.165) is 0 Å². The molecule has 3 N–H and O–H groups in total. The third-order valence-corrected chi connectivity index (χ3v) is 6.75. The maximum atomic E-state index is 11.8. The van der Waals surface area contributed by atoms with E-state index in [1.807, 2.05) is 0 Å². The number of nitrogen functional groups attached to an aromatic ring is 1. The molecule has 8 nitrogen and oxygen atoms in total. The maximum Gasteiger partial charge on any atom is 0.294 e. The zero-order valence-electron chi connectivity index (χ0n) is 14.8. The quantitative estimate of drug-likeness (QED) is 0.365. The summed E-state index contributed by atoms with van der Waals surface area (Å²) < 4.78 is 55.6. The lowest BCUT2D eigenvalue weighted by Gasteiger charge is -2.06. The Hall–Kier alpha value is -2.82. The lowest BCUT2D eigenvalue weighted by atomic mass is 10.1. The molecule has 0 aliphatic rings. The molecule has 28 heavy (non-hydrogen) atoms. The molecule has 0 aliphatic heterocycles. The van der Waals surface area contributed by atoms with Crippen molar-refractivity contribution in [3.63, 3.8) is 0 Å². The van der Waals surface area contributed by atoms with Crippen LogP contribution in [0.2, 0.25) is 0 Å². The van der Waals surface area contributed by atoms with Gasteiger partial charge in [0.1, 0.15) is 0 Å². The highest BCUT2D eigenvalue weighted by Gasteiger charge is 2.13. The minimum Gasteiger partial charge on any atom is -0.398 e. The molecule has 0 fully saturated rings. The van der Waals surface area contributed by atoms with E-state index in [4.69, 9.17) is 5.73 Å². The SMILES string of the molecule is CCS(=O)(=O)c1ccc(N=Nc2ccc(N)c3cc(S(=O)(=O)O)ccc23)cc1. The molecule has 0 radical (unpaired) electrons. The molecule has 0 unspecified atom stereocenters. The molecule has 3 aromatic carbocycles. The van der Waals surface area contributed by atoms with Gasteiger partial charge in [0.05, 0.1) is 26.9 Å². The second-order valence-corrected chi connectivity index (χ2v) is 9.65. The summed E-state index contributed by atoms with van der Waals surface area (Å²) in [4.78, 5) is -0.0573. The van der Waals surface area contributed by atoms with Gasteiger partial charge in [0.2, 0.25) is 0 Å². The Morgan fingerprint density at radius 3 is 2.11 bits per heavy atom. The summed E-state index contributed by atoms with van der Waals surface area (Å²) in [5.41, 5.74) is 7.13. The van der Waals surface area contributed by atoms with Crippen LogP contribution >= 0.6 is 0 Å². The van der Waals surface area contributed by atoms with Gasteiger partial charge in [-0.05, 0) is 48.5 Å². The van der Waals surface area contributed by atoms with Gasteiger partial charge in [-0.3, -0.25) is 4.55 Å². The van der Waals surface area contributed by atoms with Crippen LogP contribution in [-0.4, -0.2) is 27.1 Å². The lowest BCUT2D eigenvalue weighted by molar-refractivity contribution is 0.483. The van der Waals surface area contributed by atoms with Crippen LogP contribution in [0, 0.1) is 0 Å². The van der Waals surface area contributed by atoms with E-state index in [2.05, 4.69) is 10.2 Å². The summed E-state index contributed by atoms with van der Waals surface area (Å²) in [6.07, 6.45) is 0. The summed E-state index contributed by atoms with van der Waals surface area (Å²) in [5.74, 6) is 0.0108. The molecule has 0 aliphatic carbocycles. The summed E-state index contributed by atoms with van der Waals surface area (Å²) in [7, 11) is -7.64. The monoisotopic (exact) mass is 419 g/mol. The first kappa shape index (κ1) is 19.9. The van der Waals surface area contributed by atoms with Crippen molar-refractivity contribution >= 4 is 47.8 Å². The summed E-state index contributed by atoms with van der Waals surface area (Å²) in [5, 5.41) is 9.23. The molecule has 0 heterocycles. The zero-order chi connectivity index (χ0) is 20.5. The maximum absolute atomic E-state index is 11.8. The largest absolute Gasteiger partial charge is 0.398 e. The van der Waals surface area contributed by atoms with Gasteiger partial charge in [0.25, 0.3) is 10.1 Å². The summed E-state index contributed by atoms with van der Waals surface area (Å²) in [6, 6.07) is 13.2. The molecule has 0 amide bonds. The smallest absolute Gasteiger partial charge is 0.294 e. The van der Waals surface area contributed by atoms with Gasteiger partial charge in [-0.2, -0.15) is 13.5 Å². The predicted molar refractivity (Wildman–Crippen MR) is 107 cm³/mol. The van der Waals surface area contributed by atoms with Gasteiger partial charge in [-0.25, -0.2) is 8.42 Å². The molecule has 0 bridgehead atoms. The van der Waals surface area contributed by atoms with Crippen molar-refractivity contribution in [2.24, 2.45) is 10.2 Å². The van der Waals surface area contributed by atoms with Crippen LogP contribution in [0.3, 0.4) is 0 Å².